The summed E-state index contributed by atoms with van der Waals surface area (Å²) < 4.78 is 42.4. The van der Waals surface area contributed by atoms with Crippen LogP contribution in [0.2, 0.25) is 0 Å². The molecule has 1 saturated heterocycles. The van der Waals surface area contributed by atoms with Crippen LogP contribution < -0.4 is 0 Å². The largest absolute Gasteiger partial charge is 0.294 e. The number of rotatable bonds is 5. The smallest absolute Gasteiger partial charge is 0.264 e. The van der Waals surface area contributed by atoms with Gasteiger partial charge in [-0.15, -0.1) is 0 Å². The van der Waals surface area contributed by atoms with Crippen LogP contribution in [0.5, 0.6) is 0 Å². The predicted molar refractivity (Wildman–Crippen MR) is 99.8 cm³/mol. The summed E-state index contributed by atoms with van der Waals surface area (Å²) in [5.74, 6) is -0.392. The minimum absolute atomic E-state index is 0.0891. The van der Waals surface area contributed by atoms with Gasteiger partial charge in [0.2, 0.25) is 0 Å². The van der Waals surface area contributed by atoms with Crippen LogP contribution in [0.25, 0.3) is 0 Å². The van der Waals surface area contributed by atoms with Gasteiger partial charge in [0, 0.05) is 18.5 Å². The average molecular weight is 377 g/mol. The fraction of sp³-hybridized carbons (Fsp3) is 0.400. The second-order valence-corrected chi connectivity index (χ2v) is 8.51. The SMILES string of the molecule is CC1C(OS(C)(=O)=O)C(c2ccc(F)cc2)CCN1Cc1ccccc1. The van der Waals surface area contributed by atoms with Gasteiger partial charge in [-0.25, -0.2) is 4.39 Å². The molecule has 0 saturated carbocycles. The summed E-state index contributed by atoms with van der Waals surface area (Å²) >= 11 is 0. The number of piperidine rings is 1. The molecule has 4 nitrogen and oxygen atoms in total. The summed E-state index contributed by atoms with van der Waals surface area (Å²) in [6.07, 6.45) is 1.33. The van der Waals surface area contributed by atoms with Gasteiger partial charge in [-0.05, 0) is 43.1 Å². The Labute approximate surface area is 154 Å². The Morgan fingerprint density at radius 3 is 2.38 bits per heavy atom. The van der Waals surface area contributed by atoms with Crippen molar-refractivity contribution in [2.24, 2.45) is 0 Å². The number of likely N-dealkylation sites (tertiary alicyclic amines) is 1. The van der Waals surface area contributed by atoms with Gasteiger partial charge in [0.05, 0.1) is 12.4 Å². The lowest BCUT2D eigenvalue weighted by Gasteiger charge is -2.43. The number of nitrogens with zero attached hydrogens (tertiary/aromatic N) is 1. The van der Waals surface area contributed by atoms with Gasteiger partial charge >= 0.3 is 0 Å². The molecule has 1 heterocycles. The molecule has 2 aromatic rings. The maximum atomic E-state index is 13.3. The molecule has 3 atom stereocenters. The molecule has 26 heavy (non-hydrogen) atoms. The highest BCUT2D eigenvalue weighted by Gasteiger charge is 2.39. The van der Waals surface area contributed by atoms with E-state index in [4.69, 9.17) is 4.18 Å². The fourth-order valence-electron chi connectivity index (χ4n) is 3.67. The van der Waals surface area contributed by atoms with Crippen molar-refractivity contribution in [2.75, 3.05) is 12.8 Å². The quantitative estimate of drug-likeness (QED) is 0.748. The maximum absolute atomic E-state index is 13.3. The van der Waals surface area contributed by atoms with E-state index in [1.807, 2.05) is 25.1 Å². The average Bonchev–Trinajstić information content (AvgIpc) is 2.59. The van der Waals surface area contributed by atoms with Crippen LogP contribution in [0.1, 0.15) is 30.4 Å². The molecule has 3 unspecified atom stereocenters. The zero-order chi connectivity index (χ0) is 18.7. The van der Waals surface area contributed by atoms with Crippen LogP contribution in [0.4, 0.5) is 4.39 Å². The molecule has 0 amide bonds. The molecule has 0 aliphatic carbocycles. The molecular formula is C20H24FNO3S. The van der Waals surface area contributed by atoms with Crippen molar-refractivity contribution in [2.45, 2.75) is 38.0 Å². The van der Waals surface area contributed by atoms with Crippen molar-refractivity contribution in [3.63, 3.8) is 0 Å². The number of hydrogen-bond acceptors (Lipinski definition) is 4. The summed E-state index contributed by atoms with van der Waals surface area (Å²) in [7, 11) is -3.60. The standard InChI is InChI=1S/C20H24FNO3S/c1-15-20(25-26(2,23)24)19(17-8-10-18(21)11-9-17)12-13-22(15)14-16-6-4-3-5-7-16/h3-11,15,19-20H,12-14H2,1-2H3. The van der Waals surface area contributed by atoms with E-state index >= 15 is 0 Å². The first-order valence-electron chi connectivity index (χ1n) is 8.75. The summed E-state index contributed by atoms with van der Waals surface area (Å²) in [5, 5.41) is 0. The Balaban J connectivity index is 1.85. The van der Waals surface area contributed by atoms with E-state index < -0.39 is 16.2 Å². The van der Waals surface area contributed by atoms with Crippen LogP contribution in [-0.4, -0.2) is 38.3 Å². The van der Waals surface area contributed by atoms with Gasteiger partial charge < -0.3 is 0 Å². The van der Waals surface area contributed by atoms with Crippen LogP contribution >= 0.6 is 0 Å². The molecule has 1 aliphatic rings. The van der Waals surface area contributed by atoms with Gasteiger partial charge in [0.1, 0.15) is 5.82 Å². The van der Waals surface area contributed by atoms with E-state index in [1.165, 1.54) is 17.7 Å². The first-order chi connectivity index (χ1) is 12.3. The maximum Gasteiger partial charge on any atom is 0.264 e. The zero-order valence-electron chi connectivity index (χ0n) is 15.0. The van der Waals surface area contributed by atoms with Crippen LogP contribution in [-0.2, 0) is 20.8 Å². The number of hydrogen-bond donors (Lipinski definition) is 0. The van der Waals surface area contributed by atoms with Gasteiger partial charge in [-0.3, -0.25) is 9.08 Å². The molecule has 2 aromatic carbocycles. The molecule has 0 radical (unpaired) electrons. The Kier molecular flexibility index (Phi) is 5.75. The molecular weight excluding hydrogens is 353 g/mol. The highest BCUT2D eigenvalue weighted by Crippen LogP contribution is 2.35. The van der Waals surface area contributed by atoms with Crippen LogP contribution in [0.3, 0.4) is 0 Å². The third-order valence-corrected chi connectivity index (χ3v) is 5.56. The Morgan fingerprint density at radius 1 is 1.12 bits per heavy atom. The van der Waals surface area contributed by atoms with Gasteiger partial charge in [0.15, 0.2) is 0 Å². The molecule has 1 aliphatic heterocycles. The molecule has 6 heteroatoms. The predicted octanol–water partition coefficient (Wildman–Crippen LogP) is 3.55. The third kappa shape index (κ3) is 4.69. The lowest BCUT2D eigenvalue weighted by atomic mass is 9.83. The zero-order valence-corrected chi connectivity index (χ0v) is 15.8. The Morgan fingerprint density at radius 2 is 1.77 bits per heavy atom. The van der Waals surface area contributed by atoms with Crippen molar-refractivity contribution in [1.29, 1.82) is 0 Å². The van der Waals surface area contributed by atoms with Gasteiger partial charge in [-0.2, -0.15) is 8.42 Å². The molecule has 1 fully saturated rings. The fourth-order valence-corrected chi connectivity index (χ4v) is 4.37. The molecule has 0 aromatic heterocycles. The molecule has 0 bridgehead atoms. The molecule has 0 N–H and O–H groups in total. The monoisotopic (exact) mass is 377 g/mol. The second-order valence-electron chi connectivity index (χ2n) is 6.91. The number of halogens is 1. The third-order valence-electron chi connectivity index (χ3n) is 4.99. The second kappa shape index (κ2) is 7.86. The highest BCUT2D eigenvalue weighted by molar-refractivity contribution is 7.86. The van der Waals surface area contributed by atoms with Crippen molar-refractivity contribution in [3.8, 4) is 0 Å². The van der Waals surface area contributed by atoms with E-state index in [0.717, 1.165) is 31.3 Å². The van der Waals surface area contributed by atoms with Crippen LogP contribution in [0.15, 0.2) is 54.6 Å². The number of benzene rings is 2. The minimum atomic E-state index is -3.60. The van der Waals surface area contributed by atoms with E-state index in [0.29, 0.717) is 0 Å². The molecule has 3 rings (SSSR count). The normalized spacial score (nSPS) is 24.5. The van der Waals surface area contributed by atoms with Crippen LogP contribution in [0, 0.1) is 5.82 Å². The van der Waals surface area contributed by atoms with E-state index in [2.05, 4.69) is 17.0 Å². The van der Waals surface area contributed by atoms with E-state index in [-0.39, 0.29) is 17.8 Å². The first-order valence-corrected chi connectivity index (χ1v) is 10.6. The summed E-state index contributed by atoms with van der Waals surface area (Å²) in [5.41, 5.74) is 2.09. The summed E-state index contributed by atoms with van der Waals surface area (Å²) in [4.78, 5) is 2.24. The van der Waals surface area contributed by atoms with Gasteiger partial charge in [-0.1, -0.05) is 42.5 Å². The lowest BCUT2D eigenvalue weighted by molar-refractivity contribution is 0.0192. The summed E-state index contributed by atoms with van der Waals surface area (Å²) in [6.45, 7) is 3.55. The van der Waals surface area contributed by atoms with Crippen molar-refractivity contribution in [1.82, 2.24) is 4.90 Å². The molecule has 0 spiro atoms. The van der Waals surface area contributed by atoms with Crippen molar-refractivity contribution < 1.29 is 17.0 Å². The Hall–Kier alpha value is -1.76. The first kappa shape index (κ1) is 19.0. The highest BCUT2D eigenvalue weighted by atomic mass is 32.2. The van der Waals surface area contributed by atoms with E-state index in [9.17, 15) is 12.8 Å². The van der Waals surface area contributed by atoms with Gasteiger partial charge in [0.25, 0.3) is 10.1 Å². The Bertz CT molecular complexity index is 824. The minimum Gasteiger partial charge on any atom is -0.294 e. The lowest BCUT2D eigenvalue weighted by Crippen LogP contribution is -2.51. The van der Waals surface area contributed by atoms with Crippen molar-refractivity contribution in [3.05, 3.63) is 71.5 Å². The van der Waals surface area contributed by atoms with Crippen molar-refractivity contribution >= 4 is 10.1 Å². The topological polar surface area (TPSA) is 46.6 Å². The summed E-state index contributed by atoms with van der Waals surface area (Å²) in [6, 6.07) is 16.3. The molecule has 140 valence electrons. The van der Waals surface area contributed by atoms with E-state index in [1.54, 1.807) is 12.1 Å².